The minimum Gasteiger partial charge on any atom is -0.311 e. The molecule has 1 aromatic carbocycles. The smallest absolute Gasteiger partial charge is 0.311 e. The van der Waals surface area contributed by atoms with Crippen LogP contribution in [-0.2, 0) is 4.79 Å². The number of fused-ring (bicyclic) bond motifs is 1. The Morgan fingerprint density at radius 3 is 2.66 bits per heavy atom. The molecule has 4 unspecified atom stereocenters. The normalized spacial score (nSPS) is 30.7. The van der Waals surface area contributed by atoms with E-state index in [1.54, 1.807) is 30.8 Å². The molecule has 3 aliphatic heterocycles. The Morgan fingerprint density at radius 2 is 1.93 bits per heavy atom. The lowest BCUT2D eigenvalue weighted by Crippen LogP contribution is -2.72. The van der Waals surface area contributed by atoms with Gasteiger partial charge in [0, 0.05) is 31.4 Å². The summed E-state index contributed by atoms with van der Waals surface area (Å²) in [6.45, 7) is 3.35. The molecule has 3 aliphatic rings. The molecule has 0 aromatic heterocycles. The summed E-state index contributed by atoms with van der Waals surface area (Å²) in [6, 6.07) is 7.39. The summed E-state index contributed by atoms with van der Waals surface area (Å²) in [4.78, 5) is 30.9. The Bertz CT molecular complexity index is 775. The number of hydrogen-bond donors (Lipinski definition) is 2. The number of imide groups is 1. The molecule has 3 heterocycles. The van der Waals surface area contributed by atoms with E-state index in [2.05, 4.69) is 15.5 Å². The molecule has 3 amide bonds. The molecule has 4 atom stereocenters. The van der Waals surface area contributed by atoms with Crippen LogP contribution in [0.2, 0.25) is 5.02 Å². The Hall–Kier alpha value is -1.32. The Morgan fingerprint density at radius 1 is 1.17 bits per heavy atom. The SMILES string of the molecule is CN1C(=O)C2C(SCCN3CCCC3)NC(c3cccc(Cl)c3)NC2N(C)C1=O. The standard InChI is InChI=1S/C20H28ClN5O2S/c1-24-17-15(19(27)25(2)20(24)28)18(29-11-10-26-8-3-4-9-26)23-16(22-17)13-6-5-7-14(21)12-13/h5-7,12,15-18,22-23H,3-4,8-11H2,1-2H3. The van der Waals surface area contributed by atoms with E-state index in [-0.39, 0.29) is 35.6 Å². The van der Waals surface area contributed by atoms with Crippen LogP contribution in [0, 0.1) is 5.92 Å². The monoisotopic (exact) mass is 437 g/mol. The van der Waals surface area contributed by atoms with Gasteiger partial charge in [0.2, 0.25) is 5.91 Å². The average molecular weight is 438 g/mol. The van der Waals surface area contributed by atoms with Crippen molar-refractivity contribution in [2.45, 2.75) is 30.5 Å². The van der Waals surface area contributed by atoms with E-state index in [9.17, 15) is 9.59 Å². The van der Waals surface area contributed by atoms with Crippen molar-refractivity contribution >= 4 is 35.3 Å². The van der Waals surface area contributed by atoms with Crippen LogP contribution in [-0.4, -0.2) is 77.7 Å². The second kappa shape index (κ2) is 8.81. The van der Waals surface area contributed by atoms with Crippen LogP contribution in [0.5, 0.6) is 0 Å². The number of amides is 3. The van der Waals surface area contributed by atoms with E-state index in [0.29, 0.717) is 5.02 Å². The minimum absolute atomic E-state index is 0.0988. The van der Waals surface area contributed by atoms with Gasteiger partial charge in [-0.15, -0.1) is 11.8 Å². The van der Waals surface area contributed by atoms with Crippen molar-refractivity contribution in [1.29, 1.82) is 0 Å². The van der Waals surface area contributed by atoms with Crippen LogP contribution in [0.25, 0.3) is 0 Å². The van der Waals surface area contributed by atoms with Gasteiger partial charge in [-0.3, -0.25) is 20.3 Å². The summed E-state index contributed by atoms with van der Waals surface area (Å²) in [5.74, 6) is 0.459. The number of nitrogens with one attached hydrogen (secondary N) is 2. The number of likely N-dealkylation sites (tertiary alicyclic amines) is 1. The molecular weight excluding hydrogens is 410 g/mol. The number of carbonyl (C=O) groups is 2. The molecule has 1 aromatic rings. The number of urea groups is 1. The zero-order valence-electron chi connectivity index (χ0n) is 16.8. The van der Waals surface area contributed by atoms with Crippen LogP contribution in [0.1, 0.15) is 24.6 Å². The second-order valence-electron chi connectivity index (χ2n) is 7.92. The van der Waals surface area contributed by atoms with Crippen molar-refractivity contribution in [3.8, 4) is 0 Å². The van der Waals surface area contributed by atoms with Crippen LogP contribution in [0.15, 0.2) is 24.3 Å². The lowest BCUT2D eigenvalue weighted by atomic mass is 9.96. The van der Waals surface area contributed by atoms with Crippen LogP contribution in [0.3, 0.4) is 0 Å². The van der Waals surface area contributed by atoms with Crippen molar-refractivity contribution in [3.05, 3.63) is 34.9 Å². The number of rotatable bonds is 5. The Kier molecular flexibility index (Phi) is 6.36. The van der Waals surface area contributed by atoms with Gasteiger partial charge < -0.3 is 9.80 Å². The van der Waals surface area contributed by atoms with Gasteiger partial charge in [0.15, 0.2) is 0 Å². The molecule has 7 nitrogen and oxygen atoms in total. The van der Waals surface area contributed by atoms with E-state index in [4.69, 9.17) is 11.6 Å². The average Bonchev–Trinajstić information content (AvgIpc) is 3.23. The number of thioether (sulfide) groups is 1. The van der Waals surface area contributed by atoms with Crippen LogP contribution >= 0.6 is 23.4 Å². The quantitative estimate of drug-likeness (QED) is 0.735. The van der Waals surface area contributed by atoms with Gasteiger partial charge in [0.1, 0.15) is 0 Å². The van der Waals surface area contributed by atoms with Crippen molar-refractivity contribution in [1.82, 2.24) is 25.3 Å². The van der Waals surface area contributed by atoms with E-state index in [1.807, 2.05) is 24.3 Å². The predicted octanol–water partition coefficient (Wildman–Crippen LogP) is 2.15. The maximum atomic E-state index is 13.0. The summed E-state index contributed by atoms with van der Waals surface area (Å²) in [5, 5.41) is 7.62. The van der Waals surface area contributed by atoms with Gasteiger partial charge in [0.25, 0.3) is 0 Å². The van der Waals surface area contributed by atoms with Crippen molar-refractivity contribution in [2.24, 2.45) is 5.92 Å². The van der Waals surface area contributed by atoms with Gasteiger partial charge in [-0.05, 0) is 43.6 Å². The zero-order chi connectivity index (χ0) is 20.5. The number of benzene rings is 1. The Labute approximate surface area is 181 Å². The molecule has 0 spiro atoms. The summed E-state index contributed by atoms with van der Waals surface area (Å²) < 4.78 is 0. The molecule has 9 heteroatoms. The van der Waals surface area contributed by atoms with E-state index in [1.165, 1.54) is 17.7 Å². The second-order valence-corrected chi connectivity index (χ2v) is 9.61. The summed E-state index contributed by atoms with van der Waals surface area (Å²) in [6.07, 6.45) is 1.99. The van der Waals surface area contributed by atoms with E-state index < -0.39 is 0 Å². The highest BCUT2D eigenvalue weighted by atomic mass is 35.5. The van der Waals surface area contributed by atoms with Crippen LogP contribution < -0.4 is 10.6 Å². The van der Waals surface area contributed by atoms with E-state index in [0.717, 1.165) is 31.0 Å². The third-order valence-corrected chi connectivity index (χ3v) is 7.48. The maximum Gasteiger partial charge on any atom is 0.327 e. The van der Waals surface area contributed by atoms with Gasteiger partial charge >= 0.3 is 6.03 Å². The number of nitrogens with zero attached hydrogens (tertiary/aromatic N) is 3. The molecule has 158 valence electrons. The fourth-order valence-electron chi connectivity index (χ4n) is 4.39. The predicted molar refractivity (Wildman–Crippen MR) is 116 cm³/mol. The first-order valence-corrected chi connectivity index (χ1v) is 11.5. The molecule has 3 fully saturated rings. The van der Waals surface area contributed by atoms with Gasteiger partial charge in [-0.1, -0.05) is 23.7 Å². The van der Waals surface area contributed by atoms with Gasteiger partial charge in [-0.2, -0.15) is 0 Å². The first-order chi connectivity index (χ1) is 14.0. The first-order valence-electron chi connectivity index (χ1n) is 10.1. The third-order valence-electron chi connectivity index (χ3n) is 6.04. The minimum atomic E-state index is -0.360. The number of halogens is 1. The van der Waals surface area contributed by atoms with E-state index >= 15 is 0 Å². The molecule has 4 rings (SSSR count). The maximum absolute atomic E-state index is 13.0. The highest BCUT2D eigenvalue weighted by molar-refractivity contribution is 7.99. The molecular formula is C20H28ClN5O2S. The summed E-state index contributed by atoms with van der Waals surface area (Å²) >= 11 is 7.97. The molecule has 0 saturated carbocycles. The zero-order valence-corrected chi connectivity index (χ0v) is 18.4. The number of hydrogen-bond acceptors (Lipinski definition) is 6. The molecule has 0 aliphatic carbocycles. The summed E-state index contributed by atoms with van der Waals surface area (Å²) in [7, 11) is 3.31. The molecule has 0 radical (unpaired) electrons. The number of carbonyl (C=O) groups excluding carboxylic acids is 2. The highest BCUT2D eigenvalue weighted by Gasteiger charge is 2.50. The molecule has 2 N–H and O–H groups in total. The molecule has 29 heavy (non-hydrogen) atoms. The lowest BCUT2D eigenvalue weighted by Gasteiger charge is -2.50. The van der Waals surface area contributed by atoms with Gasteiger partial charge in [-0.25, -0.2) is 4.79 Å². The largest absolute Gasteiger partial charge is 0.327 e. The highest BCUT2D eigenvalue weighted by Crippen LogP contribution is 2.34. The topological polar surface area (TPSA) is 67.9 Å². The van der Waals surface area contributed by atoms with Crippen LogP contribution in [0.4, 0.5) is 4.79 Å². The lowest BCUT2D eigenvalue weighted by molar-refractivity contribution is -0.140. The first kappa shape index (κ1) is 20.9. The third kappa shape index (κ3) is 4.27. The molecule has 3 saturated heterocycles. The van der Waals surface area contributed by atoms with Crippen molar-refractivity contribution in [2.75, 3.05) is 39.5 Å². The van der Waals surface area contributed by atoms with Gasteiger partial charge in [0.05, 0.1) is 23.6 Å². The Balaban J connectivity index is 1.54. The van der Waals surface area contributed by atoms with Crippen molar-refractivity contribution in [3.63, 3.8) is 0 Å². The summed E-state index contributed by atoms with van der Waals surface area (Å²) in [5.41, 5.74) is 0.994. The fraction of sp³-hybridized carbons (Fsp3) is 0.600. The van der Waals surface area contributed by atoms with Crippen molar-refractivity contribution < 1.29 is 9.59 Å². The fourth-order valence-corrected chi connectivity index (χ4v) is 5.91. The molecule has 0 bridgehead atoms.